The van der Waals surface area contributed by atoms with Crippen LogP contribution in [0.5, 0.6) is 5.75 Å². The summed E-state index contributed by atoms with van der Waals surface area (Å²) in [6.45, 7) is 0.253. The van der Waals surface area contributed by atoms with E-state index in [1.54, 1.807) is 12.4 Å². The minimum absolute atomic E-state index is 0.0485. The number of sulfonamides is 1. The second-order valence-electron chi connectivity index (χ2n) is 4.10. The predicted molar refractivity (Wildman–Crippen MR) is 70.2 cm³/mol. The third-order valence-corrected chi connectivity index (χ3v) is 4.15. The minimum Gasteiger partial charge on any atom is -0.508 e. The number of rotatable bonds is 5. The number of hydrogen-bond acceptors (Lipinski definition) is 4. The van der Waals surface area contributed by atoms with Crippen molar-refractivity contribution >= 4 is 10.0 Å². The fraction of sp³-hybridized carbons (Fsp3) is 0.250. The first-order valence-electron chi connectivity index (χ1n) is 5.74. The highest BCUT2D eigenvalue weighted by atomic mass is 32.2. The zero-order valence-corrected chi connectivity index (χ0v) is 11.3. The SMILES string of the molecule is Cn1ccnc1CCNS(=O)(=O)c1cccc(O)c1. The molecule has 0 amide bonds. The Morgan fingerprint density at radius 2 is 2.21 bits per heavy atom. The van der Waals surface area contributed by atoms with Gasteiger partial charge in [-0.1, -0.05) is 6.07 Å². The van der Waals surface area contributed by atoms with Gasteiger partial charge < -0.3 is 9.67 Å². The Labute approximate surface area is 111 Å². The second kappa shape index (κ2) is 5.41. The molecule has 2 aromatic rings. The van der Waals surface area contributed by atoms with Gasteiger partial charge in [0, 0.05) is 32.4 Å². The molecule has 0 aliphatic heterocycles. The molecule has 0 saturated carbocycles. The van der Waals surface area contributed by atoms with Crippen LogP contribution in [0.3, 0.4) is 0 Å². The van der Waals surface area contributed by atoms with E-state index in [0.717, 1.165) is 5.82 Å². The molecule has 7 heteroatoms. The van der Waals surface area contributed by atoms with Crippen molar-refractivity contribution in [2.75, 3.05) is 6.54 Å². The summed E-state index contributed by atoms with van der Waals surface area (Å²) in [6.07, 6.45) is 3.97. The number of phenolic OH excluding ortho intramolecular Hbond substituents is 1. The molecule has 0 spiro atoms. The van der Waals surface area contributed by atoms with Crippen molar-refractivity contribution in [2.24, 2.45) is 7.05 Å². The highest BCUT2D eigenvalue weighted by molar-refractivity contribution is 7.89. The normalized spacial score (nSPS) is 11.6. The van der Waals surface area contributed by atoms with E-state index in [-0.39, 0.29) is 17.2 Å². The van der Waals surface area contributed by atoms with Gasteiger partial charge >= 0.3 is 0 Å². The number of aryl methyl sites for hydroxylation is 1. The first kappa shape index (κ1) is 13.6. The van der Waals surface area contributed by atoms with Gasteiger partial charge in [0.05, 0.1) is 4.90 Å². The molecule has 2 N–H and O–H groups in total. The summed E-state index contributed by atoms with van der Waals surface area (Å²) >= 11 is 0. The first-order chi connectivity index (χ1) is 8.99. The monoisotopic (exact) mass is 281 g/mol. The average molecular weight is 281 g/mol. The zero-order valence-electron chi connectivity index (χ0n) is 10.4. The third-order valence-electron chi connectivity index (χ3n) is 2.69. The maximum atomic E-state index is 11.9. The number of phenols is 1. The maximum Gasteiger partial charge on any atom is 0.240 e. The molecule has 0 fully saturated rings. The summed E-state index contributed by atoms with van der Waals surface area (Å²) in [5, 5.41) is 9.28. The molecule has 102 valence electrons. The molecule has 19 heavy (non-hydrogen) atoms. The molecular weight excluding hydrogens is 266 g/mol. The molecule has 1 aromatic carbocycles. The maximum absolute atomic E-state index is 11.9. The van der Waals surface area contributed by atoms with Crippen molar-refractivity contribution in [1.82, 2.24) is 14.3 Å². The van der Waals surface area contributed by atoms with Gasteiger partial charge in [0.15, 0.2) is 0 Å². The number of nitrogens with zero attached hydrogens (tertiary/aromatic N) is 2. The van der Waals surface area contributed by atoms with Crippen LogP contribution >= 0.6 is 0 Å². The molecule has 2 rings (SSSR count). The summed E-state index contributed by atoms with van der Waals surface area (Å²) in [6, 6.07) is 5.56. The van der Waals surface area contributed by atoms with Gasteiger partial charge in [0.2, 0.25) is 10.0 Å². The van der Waals surface area contributed by atoms with Gasteiger partial charge in [-0.3, -0.25) is 0 Å². The highest BCUT2D eigenvalue weighted by Gasteiger charge is 2.14. The number of imidazole rings is 1. The largest absolute Gasteiger partial charge is 0.508 e. The van der Waals surface area contributed by atoms with Crippen LogP contribution in [-0.2, 0) is 23.5 Å². The summed E-state index contributed by atoms with van der Waals surface area (Å²) < 4.78 is 28.2. The van der Waals surface area contributed by atoms with E-state index in [9.17, 15) is 13.5 Å². The third kappa shape index (κ3) is 3.33. The molecule has 0 aliphatic rings. The van der Waals surface area contributed by atoms with Gasteiger partial charge in [0.25, 0.3) is 0 Å². The molecule has 0 bridgehead atoms. The summed E-state index contributed by atoms with van der Waals surface area (Å²) in [5.41, 5.74) is 0. The molecule has 0 aliphatic carbocycles. The Morgan fingerprint density at radius 3 is 2.84 bits per heavy atom. The lowest BCUT2D eigenvalue weighted by atomic mass is 10.3. The lowest BCUT2D eigenvalue weighted by Crippen LogP contribution is -2.26. The number of aromatic nitrogens is 2. The Kier molecular flexibility index (Phi) is 3.87. The van der Waals surface area contributed by atoms with Crippen molar-refractivity contribution in [1.29, 1.82) is 0 Å². The molecule has 0 radical (unpaired) electrons. The van der Waals surface area contributed by atoms with Crippen molar-refractivity contribution in [3.63, 3.8) is 0 Å². The predicted octanol–water partition coefficient (Wildman–Crippen LogP) is 0.647. The quantitative estimate of drug-likeness (QED) is 0.842. The number of hydrogen-bond donors (Lipinski definition) is 2. The van der Waals surface area contributed by atoms with Crippen molar-refractivity contribution in [3.05, 3.63) is 42.5 Å². The molecule has 1 aromatic heterocycles. The van der Waals surface area contributed by atoms with E-state index in [1.165, 1.54) is 24.3 Å². The van der Waals surface area contributed by atoms with Crippen LogP contribution in [0.1, 0.15) is 5.82 Å². The number of benzene rings is 1. The van der Waals surface area contributed by atoms with Crippen molar-refractivity contribution < 1.29 is 13.5 Å². The van der Waals surface area contributed by atoms with Crippen LogP contribution in [0.4, 0.5) is 0 Å². The van der Waals surface area contributed by atoms with Crippen LogP contribution in [0, 0.1) is 0 Å². The van der Waals surface area contributed by atoms with Crippen LogP contribution in [0.15, 0.2) is 41.6 Å². The van der Waals surface area contributed by atoms with Crippen LogP contribution in [0.25, 0.3) is 0 Å². The smallest absolute Gasteiger partial charge is 0.240 e. The van der Waals surface area contributed by atoms with Crippen LogP contribution in [-0.4, -0.2) is 29.6 Å². The van der Waals surface area contributed by atoms with E-state index in [1.807, 2.05) is 11.6 Å². The topological polar surface area (TPSA) is 84.2 Å². The molecule has 1 heterocycles. The molecule has 0 saturated heterocycles. The van der Waals surface area contributed by atoms with Gasteiger partial charge in [0.1, 0.15) is 11.6 Å². The molecule has 0 unspecified atom stereocenters. The molecular formula is C12H15N3O3S. The van der Waals surface area contributed by atoms with E-state index in [0.29, 0.717) is 6.42 Å². The summed E-state index contributed by atoms with van der Waals surface area (Å²) in [4.78, 5) is 4.16. The van der Waals surface area contributed by atoms with E-state index < -0.39 is 10.0 Å². The first-order valence-corrected chi connectivity index (χ1v) is 7.22. The van der Waals surface area contributed by atoms with Crippen molar-refractivity contribution in [2.45, 2.75) is 11.3 Å². The average Bonchev–Trinajstić information content (AvgIpc) is 2.75. The number of aromatic hydroxyl groups is 1. The molecule has 6 nitrogen and oxygen atoms in total. The van der Waals surface area contributed by atoms with Gasteiger partial charge in [-0.25, -0.2) is 18.1 Å². The fourth-order valence-corrected chi connectivity index (χ4v) is 2.74. The lowest BCUT2D eigenvalue weighted by Gasteiger charge is -2.07. The van der Waals surface area contributed by atoms with Gasteiger partial charge in [-0.05, 0) is 18.2 Å². The second-order valence-corrected chi connectivity index (χ2v) is 5.87. The minimum atomic E-state index is -3.60. The Morgan fingerprint density at radius 1 is 1.42 bits per heavy atom. The van der Waals surface area contributed by atoms with Crippen LogP contribution in [0.2, 0.25) is 0 Å². The van der Waals surface area contributed by atoms with Crippen molar-refractivity contribution in [3.8, 4) is 5.75 Å². The van der Waals surface area contributed by atoms with E-state index >= 15 is 0 Å². The standard InChI is InChI=1S/C12H15N3O3S/c1-15-8-7-13-12(15)5-6-14-19(17,18)11-4-2-3-10(16)9-11/h2-4,7-9,14,16H,5-6H2,1H3. The van der Waals surface area contributed by atoms with E-state index in [2.05, 4.69) is 9.71 Å². The zero-order chi connectivity index (χ0) is 13.9. The Balaban J connectivity index is 2.01. The van der Waals surface area contributed by atoms with Gasteiger partial charge in [-0.2, -0.15) is 0 Å². The lowest BCUT2D eigenvalue weighted by molar-refractivity contribution is 0.473. The van der Waals surface area contributed by atoms with Crippen LogP contribution < -0.4 is 4.72 Å². The summed E-state index contributed by atoms with van der Waals surface area (Å²) in [7, 11) is -1.74. The Hall–Kier alpha value is -1.86. The highest BCUT2D eigenvalue weighted by Crippen LogP contribution is 2.15. The summed E-state index contributed by atoms with van der Waals surface area (Å²) in [5.74, 6) is 0.727. The fourth-order valence-electron chi connectivity index (χ4n) is 1.67. The van der Waals surface area contributed by atoms with Gasteiger partial charge in [-0.15, -0.1) is 0 Å². The number of nitrogens with one attached hydrogen (secondary N) is 1. The Bertz CT molecular complexity index is 664. The van der Waals surface area contributed by atoms with E-state index in [4.69, 9.17) is 0 Å². The molecule has 0 atom stereocenters.